The van der Waals surface area contributed by atoms with Gasteiger partial charge in [-0.3, -0.25) is 4.79 Å². The molecule has 9 heteroatoms. The summed E-state index contributed by atoms with van der Waals surface area (Å²) in [6.45, 7) is 2.05. The lowest BCUT2D eigenvalue weighted by molar-refractivity contribution is -0.142. The standard InChI is InChI=1S/C11H21N3O5S/c1-8-9(10(15)16)4-6-14(8)11(17)12-5-7-20(18,19)13(2)3/h8-9H,4-7H2,1-3H3,(H,12,17)(H,15,16). The fraction of sp³-hybridized carbons (Fsp3) is 0.818. The number of sulfonamides is 1. The van der Waals surface area contributed by atoms with Gasteiger partial charge in [0.1, 0.15) is 0 Å². The van der Waals surface area contributed by atoms with E-state index in [1.165, 1.54) is 19.0 Å². The van der Waals surface area contributed by atoms with Crippen LogP contribution in [0.5, 0.6) is 0 Å². The van der Waals surface area contributed by atoms with Gasteiger partial charge in [-0.25, -0.2) is 17.5 Å². The van der Waals surface area contributed by atoms with Crippen LogP contribution in [0, 0.1) is 5.92 Å². The third-order valence-corrected chi connectivity index (χ3v) is 5.36. The second kappa shape index (κ2) is 6.40. The average Bonchev–Trinajstić information content (AvgIpc) is 2.70. The minimum absolute atomic E-state index is 0.000302. The maximum absolute atomic E-state index is 11.9. The summed E-state index contributed by atoms with van der Waals surface area (Å²) >= 11 is 0. The number of carbonyl (C=O) groups is 2. The molecule has 0 aromatic carbocycles. The van der Waals surface area contributed by atoms with Gasteiger partial charge in [0.2, 0.25) is 10.0 Å². The van der Waals surface area contributed by atoms with E-state index < -0.39 is 34.0 Å². The zero-order chi connectivity index (χ0) is 15.5. The molecule has 1 saturated heterocycles. The van der Waals surface area contributed by atoms with Crippen molar-refractivity contribution < 1.29 is 23.1 Å². The van der Waals surface area contributed by atoms with Gasteiger partial charge in [-0.15, -0.1) is 0 Å². The Morgan fingerprint density at radius 1 is 1.40 bits per heavy atom. The Balaban J connectivity index is 2.47. The van der Waals surface area contributed by atoms with Crippen molar-refractivity contribution in [2.45, 2.75) is 19.4 Å². The van der Waals surface area contributed by atoms with Crippen molar-refractivity contribution in [2.24, 2.45) is 5.92 Å². The van der Waals surface area contributed by atoms with Gasteiger partial charge in [0, 0.05) is 33.2 Å². The number of carboxylic acids is 1. The van der Waals surface area contributed by atoms with Crippen molar-refractivity contribution in [3.05, 3.63) is 0 Å². The maximum atomic E-state index is 11.9. The highest BCUT2D eigenvalue weighted by Crippen LogP contribution is 2.24. The van der Waals surface area contributed by atoms with Crippen LogP contribution in [0.15, 0.2) is 0 Å². The highest BCUT2D eigenvalue weighted by atomic mass is 32.2. The Bertz CT molecular complexity index is 476. The van der Waals surface area contributed by atoms with E-state index in [0.29, 0.717) is 13.0 Å². The van der Waals surface area contributed by atoms with E-state index in [1.807, 2.05) is 0 Å². The van der Waals surface area contributed by atoms with E-state index in [0.717, 1.165) is 4.31 Å². The molecule has 1 fully saturated rings. The number of urea groups is 1. The number of carboxylic acid groups (broad SMARTS) is 1. The van der Waals surface area contributed by atoms with Crippen molar-refractivity contribution in [3.8, 4) is 0 Å². The molecule has 0 spiro atoms. The van der Waals surface area contributed by atoms with Crippen molar-refractivity contribution in [1.29, 1.82) is 0 Å². The van der Waals surface area contributed by atoms with E-state index in [9.17, 15) is 18.0 Å². The van der Waals surface area contributed by atoms with Gasteiger partial charge in [-0.1, -0.05) is 0 Å². The number of carbonyl (C=O) groups excluding carboxylic acids is 1. The summed E-state index contributed by atoms with van der Waals surface area (Å²) < 4.78 is 24.1. The first-order valence-corrected chi connectivity index (χ1v) is 7.95. The van der Waals surface area contributed by atoms with Gasteiger partial charge in [0.15, 0.2) is 0 Å². The summed E-state index contributed by atoms with van der Waals surface area (Å²) in [4.78, 5) is 24.3. The van der Waals surface area contributed by atoms with Crippen LogP contribution < -0.4 is 5.32 Å². The molecule has 1 heterocycles. The number of rotatable bonds is 5. The van der Waals surface area contributed by atoms with Crippen molar-refractivity contribution in [2.75, 3.05) is 32.9 Å². The van der Waals surface area contributed by atoms with Gasteiger partial charge in [0.05, 0.1) is 11.7 Å². The second-order valence-corrected chi connectivity index (χ2v) is 7.30. The van der Waals surface area contributed by atoms with Crippen LogP contribution in [0.3, 0.4) is 0 Å². The Labute approximate surface area is 118 Å². The van der Waals surface area contributed by atoms with Crippen LogP contribution in [0.1, 0.15) is 13.3 Å². The largest absolute Gasteiger partial charge is 0.481 e. The minimum Gasteiger partial charge on any atom is -0.481 e. The highest BCUT2D eigenvalue weighted by molar-refractivity contribution is 7.89. The van der Waals surface area contributed by atoms with Gasteiger partial charge < -0.3 is 15.3 Å². The molecule has 2 atom stereocenters. The maximum Gasteiger partial charge on any atom is 0.317 e. The first-order valence-electron chi connectivity index (χ1n) is 6.34. The van der Waals surface area contributed by atoms with Crippen LogP contribution in [0.25, 0.3) is 0 Å². The zero-order valence-electron chi connectivity index (χ0n) is 11.9. The Morgan fingerprint density at radius 2 is 2.00 bits per heavy atom. The van der Waals surface area contributed by atoms with Gasteiger partial charge >= 0.3 is 12.0 Å². The Hall–Kier alpha value is -1.35. The topological polar surface area (TPSA) is 107 Å². The number of aliphatic carboxylic acids is 1. The predicted molar refractivity (Wildman–Crippen MR) is 72.8 cm³/mol. The molecule has 0 aromatic rings. The lowest BCUT2D eigenvalue weighted by Gasteiger charge is -2.23. The molecule has 0 bridgehead atoms. The van der Waals surface area contributed by atoms with Gasteiger partial charge in [0.25, 0.3) is 0 Å². The molecule has 0 saturated carbocycles. The molecular weight excluding hydrogens is 286 g/mol. The fourth-order valence-electron chi connectivity index (χ4n) is 2.13. The van der Waals surface area contributed by atoms with Crippen LogP contribution in [0.2, 0.25) is 0 Å². The SMILES string of the molecule is CC1C(C(=O)O)CCN1C(=O)NCCS(=O)(=O)N(C)C. The number of nitrogens with zero attached hydrogens (tertiary/aromatic N) is 2. The van der Waals surface area contributed by atoms with Gasteiger partial charge in [-0.2, -0.15) is 0 Å². The summed E-state index contributed by atoms with van der Waals surface area (Å²) in [6, 6.07) is -0.812. The first-order chi connectivity index (χ1) is 9.16. The molecule has 1 rings (SSSR count). The molecule has 1 aliphatic rings. The lowest BCUT2D eigenvalue weighted by Crippen LogP contribution is -2.45. The molecule has 8 nitrogen and oxygen atoms in total. The van der Waals surface area contributed by atoms with Crippen molar-refractivity contribution in [1.82, 2.24) is 14.5 Å². The zero-order valence-corrected chi connectivity index (χ0v) is 12.7. The third-order valence-electron chi connectivity index (χ3n) is 3.53. The number of nitrogens with one attached hydrogen (secondary N) is 1. The lowest BCUT2D eigenvalue weighted by atomic mass is 10.0. The molecule has 0 aromatic heterocycles. The summed E-state index contributed by atoms with van der Waals surface area (Å²) in [6.07, 6.45) is 0.417. The van der Waals surface area contributed by atoms with Crippen LogP contribution >= 0.6 is 0 Å². The summed E-state index contributed by atoms with van der Waals surface area (Å²) in [5, 5.41) is 11.5. The fourth-order valence-corrected chi connectivity index (χ4v) is 2.85. The monoisotopic (exact) mass is 307 g/mol. The molecule has 0 aliphatic carbocycles. The van der Waals surface area contributed by atoms with E-state index in [1.54, 1.807) is 6.92 Å². The molecule has 2 unspecified atom stereocenters. The van der Waals surface area contributed by atoms with E-state index in [2.05, 4.69) is 5.32 Å². The van der Waals surface area contributed by atoms with E-state index >= 15 is 0 Å². The highest BCUT2D eigenvalue weighted by Gasteiger charge is 2.38. The molecule has 116 valence electrons. The first kappa shape index (κ1) is 16.7. The third kappa shape index (κ3) is 3.83. The van der Waals surface area contributed by atoms with Crippen LogP contribution in [-0.2, 0) is 14.8 Å². The number of hydrogen-bond acceptors (Lipinski definition) is 4. The van der Waals surface area contributed by atoms with Gasteiger partial charge in [-0.05, 0) is 13.3 Å². The summed E-state index contributed by atoms with van der Waals surface area (Å²) in [5.74, 6) is -1.66. The molecule has 0 radical (unpaired) electrons. The number of amides is 2. The second-order valence-electron chi connectivity index (χ2n) is 5.00. The molecule has 1 aliphatic heterocycles. The molecular formula is C11H21N3O5S. The molecule has 20 heavy (non-hydrogen) atoms. The Morgan fingerprint density at radius 3 is 2.45 bits per heavy atom. The van der Waals surface area contributed by atoms with E-state index in [4.69, 9.17) is 5.11 Å². The van der Waals surface area contributed by atoms with Crippen LogP contribution in [-0.4, -0.2) is 73.7 Å². The van der Waals surface area contributed by atoms with Crippen molar-refractivity contribution in [3.63, 3.8) is 0 Å². The summed E-state index contributed by atoms with van der Waals surface area (Å²) in [5.41, 5.74) is 0. The quantitative estimate of drug-likeness (QED) is 0.704. The summed E-state index contributed by atoms with van der Waals surface area (Å²) in [7, 11) is -0.494. The Kier molecular flexibility index (Phi) is 5.35. The minimum atomic E-state index is -3.35. The number of likely N-dealkylation sites (tertiary alicyclic amines) is 1. The van der Waals surface area contributed by atoms with Crippen LogP contribution in [0.4, 0.5) is 4.79 Å². The number of hydrogen-bond donors (Lipinski definition) is 2. The average molecular weight is 307 g/mol. The molecule has 2 N–H and O–H groups in total. The predicted octanol–water partition coefficient (Wildman–Crippen LogP) is -0.618. The van der Waals surface area contributed by atoms with E-state index in [-0.39, 0.29) is 12.3 Å². The smallest absolute Gasteiger partial charge is 0.317 e. The normalized spacial score (nSPS) is 23.1. The van der Waals surface area contributed by atoms with Crippen molar-refractivity contribution >= 4 is 22.0 Å². The molecule has 2 amide bonds.